The average molecular weight is 314 g/mol. The third kappa shape index (κ3) is 3.63. The van der Waals surface area contributed by atoms with E-state index in [1.54, 1.807) is 13.2 Å². The van der Waals surface area contributed by atoms with Gasteiger partial charge < -0.3 is 18.9 Å². The first-order valence-corrected chi connectivity index (χ1v) is 7.38. The van der Waals surface area contributed by atoms with Gasteiger partial charge in [0.15, 0.2) is 24.6 Å². The van der Waals surface area contributed by atoms with E-state index in [4.69, 9.17) is 18.9 Å². The lowest BCUT2D eigenvalue weighted by atomic mass is 10.0. The van der Waals surface area contributed by atoms with Crippen molar-refractivity contribution in [3.05, 3.63) is 53.1 Å². The second kappa shape index (κ2) is 7.15. The average Bonchev–Trinajstić information content (AvgIpc) is 3.05. The van der Waals surface area contributed by atoms with Gasteiger partial charge >= 0.3 is 0 Å². The smallest absolute Gasteiger partial charge is 0.231 e. The fourth-order valence-electron chi connectivity index (χ4n) is 2.46. The number of fused-ring (bicyclic) bond motifs is 1. The Balaban J connectivity index is 1.69. The zero-order valence-electron chi connectivity index (χ0n) is 12.9. The van der Waals surface area contributed by atoms with Gasteiger partial charge in [-0.1, -0.05) is 12.1 Å². The summed E-state index contributed by atoms with van der Waals surface area (Å²) in [5, 5.41) is 0. The maximum Gasteiger partial charge on any atom is 0.231 e. The first kappa shape index (κ1) is 15.4. The normalized spacial score (nSPS) is 12.2. The Kier molecular flexibility index (Phi) is 4.78. The van der Waals surface area contributed by atoms with E-state index in [0.29, 0.717) is 11.3 Å². The molecule has 120 valence electrons. The van der Waals surface area contributed by atoms with Crippen LogP contribution in [0.2, 0.25) is 0 Å². The van der Waals surface area contributed by atoms with Gasteiger partial charge in [0, 0.05) is 7.11 Å². The molecule has 5 nitrogen and oxygen atoms in total. The summed E-state index contributed by atoms with van der Waals surface area (Å²) in [6.07, 6.45) is 2.48. The molecule has 0 saturated heterocycles. The summed E-state index contributed by atoms with van der Waals surface area (Å²) in [5.74, 6) is 2.13. The predicted octanol–water partition coefficient (Wildman–Crippen LogP) is 3.00. The van der Waals surface area contributed by atoms with Crippen LogP contribution in [0.25, 0.3) is 0 Å². The monoisotopic (exact) mass is 314 g/mol. The molecule has 2 aromatic rings. The van der Waals surface area contributed by atoms with Crippen LogP contribution in [-0.4, -0.2) is 27.0 Å². The number of rotatable bonds is 7. The predicted molar refractivity (Wildman–Crippen MR) is 84.3 cm³/mol. The molecule has 1 heterocycles. The van der Waals surface area contributed by atoms with E-state index >= 15 is 0 Å². The minimum Gasteiger partial charge on any atom is -0.467 e. The van der Waals surface area contributed by atoms with E-state index < -0.39 is 0 Å². The molecule has 2 aromatic carbocycles. The molecule has 0 bridgehead atoms. The second-order valence-electron chi connectivity index (χ2n) is 5.23. The Morgan fingerprint density at radius 2 is 1.78 bits per heavy atom. The van der Waals surface area contributed by atoms with E-state index in [-0.39, 0.29) is 13.6 Å². The number of hydrogen-bond donors (Lipinski definition) is 0. The van der Waals surface area contributed by atoms with Crippen LogP contribution < -0.4 is 14.2 Å². The molecule has 0 radical (unpaired) electrons. The molecule has 0 amide bonds. The molecule has 0 spiro atoms. The van der Waals surface area contributed by atoms with Crippen LogP contribution in [0, 0.1) is 0 Å². The maximum absolute atomic E-state index is 11.0. The molecular weight excluding hydrogens is 296 g/mol. The van der Waals surface area contributed by atoms with Crippen molar-refractivity contribution in [2.24, 2.45) is 0 Å². The number of ether oxygens (including phenoxy) is 4. The van der Waals surface area contributed by atoms with Crippen LogP contribution >= 0.6 is 0 Å². The molecule has 23 heavy (non-hydrogen) atoms. The van der Waals surface area contributed by atoms with Crippen molar-refractivity contribution in [3.8, 4) is 17.2 Å². The van der Waals surface area contributed by atoms with Crippen molar-refractivity contribution in [1.82, 2.24) is 0 Å². The van der Waals surface area contributed by atoms with Crippen molar-refractivity contribution in [2.75, 3.05) is 20.7 Å². The minimum absolute atomic E-state index is 0.118. The third-order valence-corrected chi connectivity index (χ3v) is 3.68. The molecular formula is C18H18O5. The van der Waals surface area contributed by atoms with Crippen LogP contribution in [0.1, 0.15) is 21.5 Å². The second-order valence-corrected chi connectivity index (χ2v) is 5.23. The minimum atomic E-state index is 0.118. The topological polar surface area (TPSA) is 54.0 Å². The van der Waals surface area contributed by atoms with E-state index in [9.17, 15) is 4.79 Å². The van der Waals surface area contributed by atoms with Crippen molar-refractivity contribution >= 4 is 6.29 Å². The van der Waals surface area contributed by atoms with Gasteiger partial charge in [-0.25, -0.2) is 0 Å². The van der Waals surface area contributed by atoms with Crippen LogP contribution in [-0.2, 0) is 17.6 Å². The zero-order chi connectivity index (χ0) is 16.1. The first-order chi connectivity index (χ1) is 11.3. The highest BCUT2D eigenvalue weighted by molar-refractivity contribution is 5.79. The Bertz CT molecular complexity index is 696. The molecule has 0 saturated carbocycles. The van der Waals surface area contributed by atoms with E-state index in [1.807, 2.05) is 30.3 Å². The van der Waals surface area contributed by atoms with Gasteiger partial charge in [0.25, 0.3) is 0 Å². The fourth-order valence-corrected chi connectivity index (χ4v) is 2.46. The van der Waals surface area contributed by atoms with E-state index in [2.05, 4.69) is 0 Å². The highest BCUT2D eigenvalue weighted by Crippen LogP contribution is 2.32. The molecule has 1 aliphatic heterocycles. The molecule has 0 N–H and O–H groups in total. The van der Waals surface area contributed by atoms with Crippen LogP contribution in [0.3, 0.4) is 0 Å². The maximum atomic E-state index is 11.0. The lowest BCUT2D eigenvalue weighted by Crippen LogP contribution is -2.02. The van der Waals surface area contributed by atoms with Gasteiger partial charge in [0.1, 0.15) is 5.75 Å². The molecule has 0 aliphatic carbocycles. The number of hydrogen-bond acceptors (Lipinski definition) is 5. The quantitative estimate of drug-likeness (QED) is 0.581. The lowest BCUT2D eigenvalue weighted by Gasteiger charge is -2.10. The number of carbonyl (C=O) groups excluding carboxylic acids is 1. The molecule has 1 aliphatic rings. The number of aryl methyl sites for hydroxylation is 2. The summed E-state index contributed by atoms with van der Waals surface area (Å²) < 4.78 is 21.0. The molecule has 5 heteroatoms. The lowest BCUT2D eigenvalue weighted by molar-refractivity contribution is 0.0505. The molecule has 0 fully saturated rings. The van der Waals surface area contributed by atoms with Crippen LogP contribution in [0.4, 0.5) is 0 Å². The first-order valence-electron chi connectivity index (χ1n) is 7.38. The third-order valence-electron chi connectivity index (χ3n) is 3.68. The fraction of sp³-hybridized carbons (Fsp3) is 0.278. The van der Waals surface area contributed by atoms with Crippen LogP contribution in [0.15, 0.2) is 36.4 Å². The summed E-state index contributed by atoms with van der Waals surface area (Å²) in [6, 6.07) is 11.6. The van der Waals surface area contributed by atoms with Gasteiger partial charge in [0.2, 0.25) is 6.79 Å². The van der Waals surface area contributed by atoms with Crippen LogP contribution in [0.5, 0.6) is 17.2 Å². The number of benzene rings is 2. The molecule has 3 rings (SSSR count). The van der Waals surface area contributed by atoms with Crippen molar-refractivity contribution in [1.29, 1.82) is 0 Å². The summed E-state index contributed by atoms with van der Waals surface area (Å²) in [7, 11) is 1.55. The van der Waals surface area contributed by atoms with Gasteiger partial charge in [-0.05, 0) is 48.2 Å². The highest BCUT2D eigenvalue weighted by atomic mass is 16.7. The van der Waals surface area contributed by atoms with Gasteiger partial charge in [-0.3, -0.25) is 4.79 Å². The SMILES string of the molecule is COCOc1cc(CCc2ccc3c(c2)OCO3)ccc1C=O. The summed E-state index contributed by atoms with van der Waals surface area (Å²) >= 11 is 0. The number of methoxy groups -OCH3 is 1. The van der Waals surface area contributed by atoms with E-state index in [0.717, 1.165) is 36.2 Å². The van der Waals surface area contributed by atoms with Crippen molar-refractivity contribution < 1.29 is 23.7 Å². The Morgan fingerprint density at radius 1 is 1.04 bits per heavy atom. The molecule has 0 aromatic heterocycles. The molecule has 0 unspecified atom stereocenters. The van der Waals surface area contributed by atoms with Crippen molar-refractivity contribution in [2.45, 2.75) is 12.8 Å². The summed E-state index contributed by atoms with van der Waals surface area (Å²) in [4.78, 5) is 11.0. The van der Waals surface area contributed by atoms with Gasteiger partial charge in [-0.2, -0.15) is 0 Å². The summed E-state index contributed by atoms with van der Waals surface area (Å²) in [5.41, 5.74) is 2.79. The van der Waals surface area contributed by atoms with Gasteiger partial charge in [-0.15, -0.1) is 0 Å². The number of carbonyl (C=O) groups is 1. The molecule has 0 atom stereocenters. The number of aldehydes is 1. The standard InChI is InChI=1S/C18H18O5/c1-20-11-21-17-8-13(4-6-15(17)10-19)2-3-14-5-7-16-18(9-14)23-12-22-16/h4-10H,2-3,11-12H2,1H3. The Morgan fingerprint density at radius 3 is 2.57 bits per heavy atom. The van der Waals surface area contributed by atoms with Gasteiger partial charge in [0.05, 0.1) is 5.56 Å². The largest absolute Gasteiger partial charge is 0.467 e. The van der Waals surface area contributed by atoms with E-state index in [1.165, 1.54) is 5.56 Å². The Labute approximate surface area is 134 Å². The Hall–Kier alpha value is -2.53. The highest BCUT2D eigenvalue weighted by Gasteiger charge is 2.13. The summed E-state index contributed by atoms with van der Waals surface area (Å²) in [6.45, 7) is 0.401. The zero-order valence-corrected chi connectivity index (χ0v) is 12.9. The van der Waals surface area contributed by atoms with Crippen molar-refractivity contribution in [3.63, 3.8) is 0 Å².